The van der Waals surface area contributed by atoms with Gasteiger partial charge in [0.15, 0.2) is 5.69 Å². The average Bonchev–Trinajstić information content (AvgIpc) is 3.12. The highest BCUT2D eigenvalue weighted by Gasteiger charge is 2.38. The molecule has 10 heteroatoms. The maximum absolute atomic E-state index is 13.3. The first-order valence-corrected chi connectivity index (χ1v) is 8.00. The number of nitrogens with one attached hydrogen (secondary N) is 1. The fraction of sp³-hybridized carbons (Fsp3) is 0.267. The van der Waals surface area contributed by atoms with Crippen LogP contribution in [0.2, 0.25) is 0 Å². The Balaban J connectivity index is 2.10. The third-order valence-electron chi connectivity index (χ3n) is 3.33. The summed E-state index contributed by atoms with van der Waals surface area (Å²) in [5.74, 6) is 0. The molecule has 2 aromatic heterocycles. The second-order valence-electron chi connectivity index (χ2n) is 5.03. The molecule has 0 spiro atoms. The van der Waals surface area contributed by atoms with Crippen molar-refractivity contribution in [1.29, 1.82) is 0 Å². The molecule has 0 bridgehead atoms. The van der Waals surface area contributed by atoms with E-state index in [-0.39, 0.29) is 18.3 Å². The minimum Gasteiger partial charge on any atom is -0.383 e. The van der Waals surface area contributed by atoms with Crippen molar-refractivity contribution in [2.24, 2.45) is 4.99 Å². The lowest BCUT2D eigenvalue weighted by atomic mass is 10.2. The first-order chi connectivity index (χ1) is 11.9. The Hall–Kier alpha value is -2.46. The summed E-state index contributed by atoms with van der Waals surface area (Å²) >= 11 is 1.12. The number of nitrogens with zero attached hydrogens (tertiary/aromatic N) is 3. The van der Waals surface area contributed by atoms with Crippen LogP contribution in [0.3, 0.4) is 0 Å². The van der Waals surface area contributed by atoms with Crippen LogP contribution in [0.5, 0.6) is 0 Å². The second kappa shape index (κ2) is 6.81. The second-order valence-corrected chi connectivity index (χ2v) is 6.04. The van der Waals surface area contributed by atoms with Gasteiger partial charge in [-0.2, -0.15) is 17.9 Å². The Morgan fingerprint density at radius 3 is 2.84 bits per heavy atom. The number of methoxy groups -OCH3 is 1. The number of para-hydroxylation sites is 1. The van der Waals surface area contributed by atoms with Gasteiger partial charge in [-0.1, -0.05) is 23.5 Å². The van der Waals surface area contributed by atoms with E-state index in [1.807, 2.05) is 0 Å². The van der Waals surface area contributed by atoms with Crippen LogP contribution in [0.15, 0.2) is 34.1 Å². The molecule has 25 heavy (non-hydrogen) atoms. The van der Waals surface area contributed by atoms with Crippen molar-refractivity contribution < 1.29 is 17.9 Å². The maximum Gasteiger partial charge on any atom is 0.433 e. The Bertz CT molecular complexity index is 938. The van der Waals surface area contributed by atoms with Crippen LogP contribution in [0.25, 0.3) is 15.3 Å². The van der Waals surface area contributed by atoms with Gasteiger partial charge in [0.05, 0.1) is 28.9 Å². The predicted molar refractivity (Wildman–Crippen MR) is 88.9 cm³/mol. The Morgan fingerprint density at radius 2 is 2.16 bits per heavy atom. The number of rotatable bonds is 5. The fourth-order valence-corrected chi connectivity index (χ4v) is 3.10. The first-order valence-electron chi connectivity index (χ1n) is 7.18. The fourth-order valence-electron chi connectivity index (χ4n) is 2.18. The molecule has 0 saturated carbocycles. The third kappa shape index (κ3) is 3.49. The van der Waals surface area contributed by atoms with Crippen LogP contribution in [0, 0.1) is 0 Å². The highest BCUT2D eigenvalue weighted by molar-refractivity contribution is 7.20. The number of aromatic amines is 1. The molecule has 0 unspecified atom stereocenters. The number of fused-ring (bicyclic) bond motifs is 1. The number of aromatic nitrogens is 3. The molecule has 0 aliphatic rings. The van der Waals surface area contributed by atoms with Crippen molar-refractivity contribution in [2.45, 2.75) is 6.18 Å². The number of alkyl halides is 3. The molecule has 0 radical (unpaired) electrons. The van der Waals surface area contributed by atoms with Crippen LogP contribution in [0.1, 0.15) is 11.3 Å². The van der Waals surface area contributed by atoms with E-state index in [0.717, 1.165) is 26.9 Å². The standard InChI is InChI=1S/C15H13F3N4O2S/c1-24-7-6-19-8-9-12(15(16,17)18)21-22(13(9)23)14-20-10-4-2-3-5-11(10)25-14/h2-5,8,21H,6-7H2,1H3. The molecular weight excluding hydrogens is 357 g/mol. The molecule has 1 aromatic carbocycles. The molecule has 0 fully saturated rings. The molecule has 6 nitrogen and oxygen atoms in total. The first kappa shape index (κ1) is 17.4. The summed E-state index contributed by atoms with van der Waals surface area (Å²) in [5, 5.41) is 2.25. The number of aliphatic imine (C=N–C) groups is 1. The zero-order valence-corrected chi connectivity index (χ0v) is 13.8. The lowest BCUT2D eigenvalue weighted by Gasteiger charge is -2.03. The van der Waals surface area contributed by atoms with Crippen molar-refractivity contribution in [3.05, 3.63) is 45.9 Å². The zero-order chi connectivity index (χ0) is 18.0. The number of halogens is 3. The molecule has 0 aliphatic heterocycles. The Morgan fingerprint density at radius 1 is 1.40 bits per heavy atom. The van der Waals surface area contributed by atoms with E-state index in [2.05, 4.69) is 15.1 Å². The van der Waals surface area contributed by atoms with Gasteiger partial charge in [0.25, 0.3) is 5.56 Å². The molecule has 0 atom stereocenters. The van der Waals surface area contributed by atoms with Gasteiger partial charge < -0.3 is 4.74 Å². The SMILES string of the molecule is COCCN=Cc1c(C(F)(F)F)[nH]n(-c2nc3ccccc3s2)c1=O. The topological polar surface area (TPSA) is 72.3 Å². The summed E-state index contributed by atoms with van der Waals surface area (Å²) in [5.41, 5.74) is -1.96. The van der Waals surface area contributed by atoms with Gasteiger partial charge in [0.1, 0.15) is 0 Å². The minimum absolute atomic E-state index is 0.133. The highest BCUT2D eigenvalue weighted by Crippen LogP contribution is 2.30. The predicted octanol–water partition coefficient (Wildman–Crippen LogP) is 2.86. The third-order valence-corrected chi connectivity index (χ3v) is 4.35. The van der Waals surface area contributed by atoms with Crippen molar-refractivity contribution in [2.75, 3.05) is 20.3 Å². The zero-order valence-electron chi connectivity index (χ0n) is 13.0. The largest absolute Gasteiger partial charge is 0.433 e. The van der Waals surface area contributed by atoms with Crippen LogP contribution in [-0.2, 0) is 10.9 Å². The van der Waals surface area contributed by atoms with E-state index in [4.69, 9.17) is 4.74 Å². The van der Waals surface area contributed by atoms with Crippen LogP contribution >= 0.6 is 11.3 Å². The maximum atomic E-state index is 13.3. The number of thiazole rings is 1. The van der Waals surface area contributed by atoms with Crippen LogP contribution < -0.4 is 5.56 Å². The summed E-state index contributed by atoms with van der Waals surface area (Å²) in [7, 11) is 1.45. The monoisotopic (exact) mass is 370 g/mol. The Labute approximate surface area is 143 Å². The van der Waals surface area contributed by atoms with Crippen LogP contribution in [0.4, 0.5) is 13.2 Å². The van der Waals surface area contributed by atoms with E-state index < -0.39 is 23.0 Å². The molecule has 0 amide bonds. The highest BCUT2D eigenvalue weighted by atomic mass is 32.1. The number of ether oxygens (including phenoxy) is 1. The van der Waals surface area contributed by atoms with Crippen molar-refractivity contribution in [3.63, 3.8) is 0 Å². The normalized spacial score (nSPS) is 12.5. The van der Waals surface area contributed by atoms with E-state index >= 15 is 0 Å². The molecule has 132 valence electrons. The summed E-state index contributed by atoms with van der Waals surface area (Å²) < 4.78 is 46.1. The van der Waals surface area contributed by atoms with Gasteiger partial charge >= 0.3 is 6.18 Å². The molecule has 3 rings (SSSR count). The van der Waals surface area contributed by atoms with Crippen molar-refractivity contribution >= 4 is 27.8 Å². The number of H-pyrrole nitrogens is 1. The minimum atomic E-state index is -4.72. The van der Waals surface area contributed by atoms with Gasteiger partial charge in [-0.05, 0) is 12.1 Å². The number of hydrogen-bond acceptors (Lipinski definition) is 5. The summed E-state index contributed by atoms with van der Waals surface area (Å²) in [6.45, 7) is 0.397. The van der Waals surface area contributed by atoms with Gasteiger partial charge in [0, 0.05) is 13.3 Å². The van der Waals surface area contributed by atoms with Crippen LogP contribution in [-0.4, -0.2) is 41.2 Å². The Kier molecular flexibility index (Phi) is 4.73. The summed E-state index contributed by atoms with van der Waals surface area (Å²) in [4.78, 5) is 20.5. The van der Waals surface area contributed by atoms with Gasteiger partial charge in [-0.25, -0.2) is 4.98 Å². The molecular formula is C15H13F3N4O2S. The summed E-state index contributed by atoms with van der Waals surface area (Å²) in [6.07, 6.45) is -3.80. The lowest BCUT2D eigenvalue weighted by Crippen LogP contribution is -2.17. The van der Waals surface area contributed by atoms with E-state index in [0.29, 0.717) is 5.52 Å². The molecule has 0 saturated heterocycles. The number of hydrogen-bond donors (Lipinski definition) is 1. The van der Waals surface area contributed by atoms with Gasteiger partial charge in [0.2, 0.25) is 5.13 Å². The lowest BCUT2D eigenvalue weighted by molar-refractivity contribution is -0.141. The van der Waals surface area contributed by atoms with E-state index in [9.17, 15) is 18.0 Å². The number of benzene rings is 1. The molecule has 2 heterocycles. The van der Waals surface area contributed by atoms with Gasteiger partial charge in [-0.3, -0.25) is 14.9 Å². The summed E-state index contributed by atoms with van der Waals surface area (Å²) in [6, 6.07) is 7.05. The van der Waals surface area contributed by atoms with E-state index in [1.54, 1.807) is 24.3 Å². The van der Waals surface area contributed by atoms with E-state index in [1.165, 1.54) is 7.11 Å². The quantitative estimate of drug-likeness (QED) is 0.554. The van der Waals surface area contributed by atoms with Crippen molar-refractivity contribution in [3.8, 4) is 5.13 Å². The van der Waals surface area contributed by atoms with Gasteiger partial charge in [-0.15, -0.1) is 0 Å². The molecule has 0 aliphatic carbocycles. The smallest absolute Gasteiger partial charge is 0.383 e. The molecule has 1 N–H and O–H groups in total. The average molecular weight is 370 g/mol. The molecule has 3 aromatic rings. The van der Waals surface area contributed by atoms with Crippen molar-refractivity contribution in [1.82, 2.24) is 14.8 Å².